The molecule has 0 atom stereocenters. The highest BCUT2D eigenvalue weighted by molar-refractivity contribution is 5.97. The molecule has 0 radical (unpaired) electrons. The van der Waals surface area contributed by atoms with E-state index in [-0.39, 0.29) is 12.4 Å². The summed E-state index contributed by atoms with van der Waals surface area (Å²) in [7, 11) is 0. The summed E-state index contributed by atoms with van der Waals surface area (Å²) in [5.74, 6) is 0.00634. The molecule has 0 N–H and O–H groups in total. The van der Waals surface area contributed by atoms with Crippen LogP contribution in [0.4, 0.5) is 0 Å². The molecule has 2 nitrogen and oxygen atoms in total. The van der Waals surface area contributed by atoms with Crippen LogP contribution in [0.5, 0.6) is 0 Å². The Morgan fingerprint density at radius 2 is 1.88 bits per heavy atom. The lowest BCUT2D eigenvalue weighted by Gasteiger charge is -2.01. The van der Waals surface area contributed by atoms with Gasteiger partial charge in [-0.2, -0.15) is 0 Å². The first kappa shape index (κ1) is 14.6. The molecule has 0 fully saturated rings. The van der Waals surface area contributed by atoms with Gasteiger partial charge in [0.05, 0.1) is 6.61 Å². The highest BCUT2D eigenvalue weighted by Crippen LogP contribution is 2.04. The first-order chi connectivity index (χ1) is 7.74. The third-order valence-electron chi connectivity index (χ3n) is 1.84. The summed E-state index contributed by atoms with van der Waals surface area (Å²) in [5.41, 5.74) is 1.84. The van der Waals surface area contributed by atoms with Crippen molar-refractivity contribution in [3.05, 3.63) is 48.0 Å². The number of carbonyl (C=O) groups excluding carboxylic acids is 1. The summed E-state index contributed by atoms with van der Waals surface area (Å²) in [6, 6.07) is 7.46. The molecule has 0 aliphatic heterocycles. The second-order valence-corrected chi connectivity index (χ2v) is 3.09. The maximum atomic E-state index is 11.5. The molecule has 1 aromatic rings. The van der Waals surface area contributed by atoms with E-state index in [4.69, 9.17) is 4.74 Å². The third kappa shape index (κ3) is 5.47. The highest BCUT2D eigenvalue weighted by Gasteiger charge is 2.04. The van der Waals surface area contributed by atoms with Gasteiger partial charge in [-0.25, -0.2) is 0 Å². The molecule has 0 unspecified atom stereocenters. The Kier molecular flexibility index (Phi) is 8.08. The van der Waals surface area contributed by atoms with Crippen LogP contribution in [-0.2, 0) is 4.74 Å². The Morgan fingerprint density at radius 1 is 1.31 bits per heavy atom. The number of ether oxygens (including phenoxy) is 1. The number of hydrogen-bond donors (Lipinski definition) is 0. The molecule has 0 spiro atoms. The quantitative estimate of drug-likeness (QED) is 0.432. The second-order valence-electron chi connectivity index (χ2n) is 3.09. The number of hydrogen-bond acceptors (Lipinski definition) is 2. The van der Waals surface area contributed by atoms with E-state index in [1.54, 1.807) is 6.08 Å². The van der Waals surface area contributed by atoms with Gasteiger partial charge in [-0.1, -0.05) is 49.8 Å². The largest absolute Gasteiger partial charge is 0.369 e. The van der Waals surface area contributed by atoms with Gasteiger partial charge in [-0.15, -0.1) is 6.58 Å². The summed E-state index contributed by atoms with van der Waals surface area (Å²) in [5, 5.41) is 0. The van der Waals surface area contributed by atoms with Gasteiger partial charge in [0, 0.05) is 5.56 Å². The SMILES string of the molecule is C=CCOCC(=O)c1ccc(C)cc1.CC. The molecule has 0 aliphatic rings. The molecule has 2 heteroatoms. The molecule has 0 aromatic heterocycles. The van der Waals surface area contributed by atoms with Crippen LogP contribution < -0.4 is 0 Å². The van der Waals surface area contributed by atoms with Crippen molar-refractivity contribution < 1.29 is 9.53 Å². The Balaban J connectivity index is 0.00000106. The van der Waals surface area contributed by atoms with Crippen molar-refractivity contribution in [2.45, 2.75) is 20.8 Å². The maximum absolute atomic E-state index is 11.5. The zero-order valence-electron chi connectivity index (χ0n) is 10.3. The molecule has 1 rings (SSSR count). The van der Waals surface area contributed by atoms with Crippen molar-refractivity contribution in [3.63, 3.8) is 0 Å². The van der Waals surface area contributed by atoms with Crippen LogP contribution in [0.2, 0.25) is 0 Å². The molecule has 0 saturated carbocycles. The minimum absolute atomic E-state index is 0.00634. The predicted octanol–water partition coefficient (Wildman–Crippen LogP) is 3.41. The van der Waals surface area contributed by atoms with Crippen molar-refractivity contribution in [2.24, 2.45) is 0 Å². The molecule has 16 heavy (non-hydrogen) atoms. The van der Waals surface area contributed by atoms with E-state index in [0.717, 1.165) is 5.56 Å². The maximum Gasteiger partial charge on any atom is 0.188 e. The van der Waals surface area contributed by atoms with Crippen molar-refractivity contribution in [1.29, 1.82) is 0 Å². The van der Waals surface area contributed by atoms with Gasteiger partial charge in [0.25, 0.3) is 0 Å². The number of carbonyl (C=O) groups is 1. The number of Topliss-reactive ketones (excluding diaryl/α,β-unsaturated/α-hetero) is 1. The zero-order chi connectivity index (χ0) is 12.4. The fourth-order valence-electron chi connectivity index (χ4n) is 1.06. The fourth-order valence-corrected chi connectivity index (χ4v) is 1.06. The van der Waals surface area contributed by atoms with Crippen molar-refractivity contribution >= 4 is 5.78 Å². The lowest BCUT2D eigenvalue weighted by atomic mass is 10.1. The summed E-state index contributed by atoms with van der Waals surface area (Å²) < 4.78 is 5.06. The Bertz CT molecular complexity index is 312. The number of rotatable bonds is 5. The lowest BCUT2D eigenvalue weighted by molar-refractivity contribution is 0.0806. The Morgan fingerprint density at radius 3 is 2.38 bits per heavy atom. The van der Waals surface area contributed by atoms with E-state index in [0.29, 0.717) is 12.2 Å². The van der Waals surface area contributed by atoms with Crippen molar-refractivity contribution in [2.75, 3.05) is 13.2 Å². The Labute approximate surface area is 97.9 Å². The third-order valence-corrected chi connectivity index (χ3v) is 1.84. The number of aryl methyl sites for hydroxylation is 1. The highest BCUT2D eigenvalue weighted by atomic mass is 16.5. The zero-order valence-corrected chi connectivity index (χ0v) is 10.3. The van der Waals surface area contributed by atoms with E-state index in [1.165, 1.54) is 0 Å². The predicted molar refractivity (Wildman–Crippen MR) is 67.9 cm³/mol. The van der Waals surface area contributed by atoms with Crippen LogP contribution in [0, 0.1) is 6.92 Å². The first-order valence-electron chi connectivity index (χ1n) is 5.52. The molecular formula is C14H20O2. The minimum Gasteiger partial charge on any atom is -0.369 e. The minimum atomic E-state index is 0.00634. The molecule has 0 heterocycles. The monoisotopic (exact) mass is 220 g/mol. The van der Waals surface area contributed by atoms with Crippen LogP contribution in [0.15, 0.2) is 36.9 Å². The van der Waals surface area contributed by atoms with Crippen LogP contribution in [-0.4, -0.2) is 19.0 Å². The van der Waals surface area contributed by atoms with Gasteiger partial charge in [-0.05, 0) is 6.92 Å². The average Bonchev–Trinajstić information content (AvgIpc) is 2.33. The van der Waals surface area contributed by atoms with E-state index in [1.807, 2.05) is 45.0 Å². The Hall–Kier alpha value is -1.41. The normalized spacial score (nSPS) is 8.94. The topological polar surface area (TPSA) is 26.3 Å². The van der Waals surface area contributed by atoms with Crippen LogP contribution in [0.3, 0.4) is 0 Å². The molecule has 0 bridgehead atoms. The summed E-state index contributed by atoms with van der Waals surface area (Å²) in [6.07, 6.45) is 1.63. The molecule has 0 saturated heterocycles. The van der Waals surface area contributed by atoms with Crippen LogP contribution in [0.1, 0.15) is 29.8 Å². The van der Waals surface area contributed by atoms with Crippen molar-refractivity contribution in [3.8, 4) is 0 Å². The fraction of sp³-hybridized carbons (Fsp3) is 0.357. The lowest BCUT2D eigenvalue weighted by Crippen LogP contribution is -2.08. The van der Waals surface area contributed by atoms with Crippen LogP contribution >= 0.6 is 0 Å². The summed E-state index contributed by atoms with van der Waals surface area (Å²) in [6.45, 7) is 10.0. The van der Waals surface area contributed by atoms with Gasteiger partial charge in [0.2, 0.25) is 0 Å². The summed E-state index contributed by atoms with van der Waals surface area (Å²) >= 11 is 0. The van der Waals surface area contributed by atoms with Gasteiger partial charge in [-0.3, -0.25) is 4.79 Å². The molecular weight excluding hydrogens is 200 g/mol. The van der Waals surface area contributed by atoms with E-state index >= 15 is 0 Å². The van der Waals surface area contributed by atoms with Gasteiger partial charge < -0.3 is 4.74 Å². The molecule has 0 amide bonds. The molecule has 88 valence electrons. The van der Waals surface area contributed by atoms with Crippen molar-refractivity contribution in [1.82, 2.24) is 0 Å². The van der Waals surface area contributed by atoms with E-state index in [9.17, 15) is 4.79 Å². The van der Waals surface area contributed by atoms with E-state index < -0.39 is 0 Å². The van der Waals surface area contributed by atoms with Crippen LogP contribution in [0.25, 0.3) is 0 Å². The summed E-state index contributed by atoms with van der Waals surface area (Å²) in [4.78, 5) is 11.5. The van der Waals surface area contributed by atoms with Gasteiger partial charge in [0.1, 0.15) is 6.61 Å². The van der Waals surface area contributed by atoms with Gasteiger partial charge in [0.15, 0.2) is 5.78 Å². The second kappa shape index (κ2) is 8.86. The smallest absolute Gasteiger partial charge is 0.188 e. The van der Waals surface area contributed by atoms with E-state index in [2.05, 4.69) is 6.58 Å². The average molecular weight is 220 g/mol. The standard InChI is InChI=1S/C12H14O2.C2H6/c1-3-8-14-9-12(13)11-6-4-10(2)5-7-11;1-2/h3-7H,1,8-9H2,2H3;1-2H3. The molecule has 1 aromatic carbocycles. The number of benzene rings is 1. The van der Waals surface area contributed by atoms with Gasteiger partial charge >= 0.3 is 0 Å². The molecule has 0 aliphatic carbocycles. The number of ketones is 1. The first-order valence-corrected chi connectivity index (χ1v) is 5.52.